The summed E-state index contributed by atoms with van der Waals surface area (Å²) in [5, 5.41) is 4.02. The maximum atomic E-state index is 6.08. The Hall–Kier alpha value is -1.58. The highest BCUT2D eigenvalue weighted by Gasteiger charge is 2.15. The summed E-state index contributed by atoms with van der Waals surface area (Å²) in [6, 6.07) is 9.86. The minimum absolute atomic E-state index is 0.149. The third-order valence-corrected chi connectivity index (χ3v) is 3.34. The zero-order valence-electron chi connectivity index (χ0n) is 11.1. The molecule has 0 aliphatic heterocycles. The lowest BCUT2D eigenvalue weighted by molar-refractivity contribution is 0.401. The van der Waals surface area contributed by atoms with E-state index in [0.29, 0.717) is 5.02 Å². The summed E-state index contributed by atoms with van der Waals surface area (Å²) in [4.78, 5) is 4.03. The number of halogens is 1. The monoisotopic (exact) mass is 276 g/mol. The van der Waals surface area contributed by atoms with Gasteiger partial charge in [0.1, 0.15) is 5.75 Å². The number of benzene rings is 1. The molecule has 0 saturated heterocycles. The molecule has 0 saturated carbocycles. The molecule has 0 spiro atoms. The fourth-order valence-corrected chi connectivity index (χ4v) is 2.28. The van der Waals surface area contributed by atoms with Crippen molar-refractivity contribution in [2.24, 2.45) is 0 Å². The Kier molecular flexibility index (Phi) is 4.77. The van der Waals surface area contributed by atoms with Crippen molar-refractivity contribution in [2.45, 2.75) is 12.5 Å². The van der Waals surface area contributed by atoms with Gasteiger partial charge in [-0.25, -0.2) is 0 Å². The fourth-order valence-electron chi connectivity index (χ4n) is 2.10. The van der Waals surface area contributed by atoms with E-state index in [9.17, 15) is 0 Å². The van der Waals surface area contributed by atoms with Crippen LogP contribution in [0.25, 0.3) is 0 Å². The third-order valence-electron chi connectivity index (χ3n) is 3.10. The highest BCUT2D eigenvalue weighted by molar-refractivity contribution is 6.30. The molecule has 0 amide bonds. The van der Waals surface area contributed by atoms with E-state index in [4.69, 9.17) is 16.3 Å². The SMILES string of the molecule is CNC(Cc1ccncc1)c1cc(Cl)ccc1OC. The summed E-state index contributed by atoms with van der Waals surface area (Å²) in [5.74, 6) is 0.845. The molecule has 0 aliphatic rings. The normalized spacial score (nSPS) is 12.2. The Balaban J connectivity index is 2.29. The molecule has 1 N–H and O–H groups in total. The van der Waals surface area contributed by atoms with Gasteiger partial charge < -0.3 is 10.1 Å². The molecule has 2 aromatic rings. The fraction of sp³-hybridized carbons (Fsp3) is 0.267. The second-order valence-electron chi connectivity index (χ2n) is 4.29. The molecule has 1 unspecified atom stereocenters. The number of nitrogens with zero attached hydrogens (tertiary/aromatic N) is 1. The van der Waals surface area contributed by atoms with E-state index in [1.165, 1.54) is 5.56 Å². The minimum Gasteiger partial charge on any atom is -0.496 e. The predicted molar refractivity (Wildman–Crippen MR) is 77.7 cm³/mol. The van der Waals surface area contributed by atoms with Gasteiger partial charge in [-0.3, -0.25) is 4.98 Å². The Morgan fingerprint density at radius 1 is 1.26 bits per heavy atom. The minimum atomic E-state index is 0.149. The Morgan fingerprint density at radius 3 is 2.63 bits per heavy atom. The van der Waals surface area contributed by atoms with Gasteiger partial charge >= 0.3 is 0 Å². The lowest BCUT2D eigenvalue weighted by Crippen LogP contribution is -2.19. The van der Waals surface area contributed by atoms with Crippen LogP contribution in [-0.2, 0) is 6.42 Å². The van der Waals surface area contributed by atoms with Gasteiger partial charge in [0.25, 0.3) is 0 Å². The van der Waals surface area contributed by atoms with Gasteiger partial charge in [-0.2, -0.15) is 0 Å². The van der Waals surface area contributed by atoms with Gasteiger partial charge in [0.2, 0.25) is 0 Å². The summed E-state index contributed by atoms with van der Waals surface area (Å²) < 4.78 is 5.41. The number of likely N-dealkylation sites (N-methyl/N-ethyl adjacent to an activating group) is 1. The number of methoxy groups -OCH3 is 1. The van der Waals surface area contributed by atoms with E-state index in [1.54, 1.807) is 19.5 Å². The quantitative estimate of drug-likeness (QED) is 0.910. The van der Waals surface area contributed by atoms with E-state index in [1.807, 2.05) is 37.4 Å². The number of nitrogens with one attached hydrogen (secondary N) is 1. The van der Waals surface area contributed by atoms with E-state index >= 15 is 0 Å². The largest absolute Gasteiger partial charge is 0.496 e. The molecule has 0 bridgehead atoms. The summed E-state index contributed by atoms with van der Waals surface area (Å²) in [7, 11) is 3.61. The number of ether oxygens (including phenoxy) is 1. The standard InChI is InChI=1S/C15H17ClN2O/c1-17-14(9-11-5-7-18-8-6-11)13-10-12(16)3-4-15(13)19-2/h3-8,10,14,17H,9H2,1-2H3. The average Bonchev–Trinajstić information content (AvgIpc) is 2.46. The average molecular weight is 277 g/mol. The van der Waals surface area contributed by atoms with Gasteiger partial charge in [0.15, 0.2) is 0 Å². The van der Waals surface area contributed by atoms with Crippen LogP contribution < -0.4 is 10.1 Å². The number of hydrogen-bond donors (Lipinski definition) is 1. The molecule has 1 atom stereocenters. The molecular formula is C15H17ClN2O. The molecule has 1 heterocycles. The van der Waals surface area contributed by atoms with Crippen LogP contribution in [0.2, 0.25) is 5.02 Å². The highest BCUT2D eigenvalue weighted by atomic mass is 35.5. The second-order valence-corrected chi connectivity index (χ2v) is 4.72. The number of hydrogen-bond acceptors (Lipinski definition) is 3. The smallest absolute Gasteiger partial charge is 0.123 e. The first kappa shape index (κ1) is 13.8. The molecule has 0 radical (unpaired) electrons. The summed E-state index contributed by atoms with van der Waals surface area (Å²) >= 11 is 6.08. The van der Waals surface area contributed by atoms with Crippen molar-refractivity contribution in [3.63, 3.8) is 0 Å². The molecule has 100 valence electrons. The van der Waals surface area contributed by atoms with E-state index in [2.05, 4.69) is 10.3 Å². The van der Waals surface area contributed by atoms with Crippen molar-refractivity contribution < 1.29 is 4.74 Å². The zero-order valence-corrected chi connectivity index (χ0v) is 11.8. The van der Waals surface area contributed by atoms with Crippen LogP contribution in [-0.4, -0.2) is 19.1 Å². The van der Waals surface area contributed by atoms with Gasteiger partial charge in [0.05, 0.1) is 7.11 Å². The van der Waals surface area contributed by atoms with E-state index in [0.717, 1.165) is 17.7 Å². The molecule has 3 nitrogen and oxygen atoms in total. The van der Waals surface area contributed by atoms with Crippen LogP contribution in [0.1, 0.15) is 17.2 Å². The predicted octanol–water partition coefficient (Wildman–Crippen LogP) is 3.25. The molecule has 4 heteroatoms. The molecule has 1 aromatic carbocycles. The van der Waals surface area contributed by atoms with Gasteiger partial charge in [-0.05, 0) is 49.4 Å². The van der Waals surface area contributed by atoms with Gasteiger partial charge in [0, 0.05) is 29.0 Å². The van der Waals surface area contributed by atoms with Crippen molar-refractivity contribution in [1.82, 2.24) is 10.3 Å². The lowest BCUT2D eigenvalue weighted by Gasteiger charge is -2.19. The van der Waals surface area contributed by atoms with Crippen LogP contribution in [0, 0.1) is 0 Å². The maximum absolute atomic E-state index is 6.08. The van der Waals surface area contributed by atoms with Crippen molar-refractivity contribution >= 4 is 11.6 Å². The lowest BCUT2D eigenvalue weighted by atomic mass is 9.99. The maximum Gasteiger partial charge on any atom is 0.123 e. The highest BCUT2D eigenvalue weighted by Crippen LogP contribution is 2.30. The Morgan fingerprint density at radius 2 is 2.00 bits per heavy atom. The first-order chi connectivity index (χ1) is 9.24. The second kappa shape index (κ2) is 6.55. The molecule has 19 heavy (non-hydrogen) atoms. The zero-order chi connectivity index (χ0) is 13.7. The Labute approximate surface area is 118 Å². The van der Waals surface area contributed by atoms with Crippen LogP contribution in [0.15, 0.2) is 42.7 Å². The first-order valence-electron chi connectivity index (χ1n) is 6.14. The summed E-state index contributed by atoms with van der Waals surface area (Å²) in [6.45, 7) is 0. The van der Waals surface area contributed by atoms with E-state index in [-0.39, 0.29) is 6.04 Å². The first-order valence-corrected chi connectivity index (χ1v) is 6.52. The van der Waals surface area contributed by atoms with Gasteiger partial charge in [-0.1, -0.05) is 11.6 Å². The van der Waals surface area contributed by atoms with Gasteiger partial charge in [-0.15, -0.1) is 0 Å². The summed E-state index contributed by atoms with van der Waals surface area (Å²) in [5.41, 5.74) is 2.28. The van der Waals surface area contributed by atoms with Crippen LogP contribution >= 0.6 is 11.6 Å². The van der Waals surface area contributed by atoms with Crippen molar-refractivity contribution in [2.75, 3.05) is 14.2 Å². The van der Waals surface area contributed by atoms with Crippen molar-refractivity contribution in [3.8, 4) is 5.75 Å². The number of rotatable bonds is 5. The Bertz CT molecular complexity index is 531. The molecule has 2 rings (SSSR count). The van der Waals surface area contributed by atoms with Crippen LogP contribution in [0.5, 0.6) is 5.75 Å². The van der Waals surface area contributed by atoms with Crippen LogP contribution in [0.3, 0.4) is 0 Å². The molecule has 1 aromatic heterocycles. The third kappa shape index (κ3) is 3.46. The van der Waals surface area contributed by atoms with Crippen molar-refractivity contribution in [1.29, 1.82) is 0 Å². The molecular weight excluding hydrogens is 260 g/mol. The van der Waals surface area contributed by atoms with Crippen molar-refractivity contribution in [3.05, 3.63) is 58.9 Å². The number of aromatic nitrogens is 1. The molecule has 0 aliphatic carbocycles. The number of pyridine rings is 1. The topological polar surface area (TPSA) is 34.2 Å². The van der Waals surface area contributed by atoms with Crippen LogP contribution in [0.4, 0.5) is 0 Å². The van der Waals surface area contributed by atoms with E-state index < -0.39 is 0 Å². The molecule has 0 fully saturated rings. The summed E-state index contributed by atoms with van der Waals surface area (Å²) in [6.07, 6.45) is 4.46.